The fourth-order valence-corrected chi connectivity index (χ4v) is 3.32. The number of anilines is 1. The van der Waals surface area contributed by atoms with Crippen LogP contribution in [-0.2, 0) is 19.1 Å². The standard InChI is InChI=1S/C20H20Cl2FNO5/c1-3-8-29-17-10-16(15(23)9-14(17)22)24(18(25)11-21)19(26)12-6-4-5-7-13(12)20(27)28-2/h3,9-10H,1,4-8,11H2,2H3. The Morgan fingerprint density at radius 3 is 2.48 bits per heavy atom. The summed E-state index contributed by atoms with van der Waals surface area (Å²) in [5, 5.41) is -0.0362. The third-order valence-corrected chi connectivity index (χ3v) is 4.85. The normalized spacial score (nSPS) is 13.7. The molecule has 1 aromatic carbocycles. The van der Waals surface area contributed by atoms with Crippen LogP contribution in [0.5, 0.6) is 5.75 Å². The van der Waals surface area contributed by atoms with Crippen molar-refractivity contribution in [3.8, 4) is 5.75 Å². The molecule has 1 aliphatic rings. The molecule has 0 N–H and O–H groups in total. The molecule has 0 atom stereocenters. The molecule has 0 heterocycles. The number of halogens is 3. The monoisotopic (exact) mass is 443 g/mol. The number of nitrogens with zero attached hydrogens (tertiary/aromatic N) is 1. The van der Waals surface area contributed by atoms with Crippen molar-refractivity contribution in [2.45, 2.75) is 25.7 Å². The Labute approximate surface area is 177 Å². The molecule has 0 aromatic heterocycles. The highest BCUT2D eigenvalue weighted by molar-refractivity contribution is 6.35. The molecule has 2 rings (SSSR count). The summed E-state index contributed by atoms with van der Waals surface area (Å²) < 4.78 is 24.8. The minimum Gasteiger partial charge on any atom is -0.488 e. The van der Waals surface area contributed by atoms with Gasteiger partial charge in [-0.15, -0.1) is 11.6 Å². The fraction of sp³-hybridized carbons (Fsp3) is 0.350. The maximum atomic E-state index is 14.7. The zero-order valence-corrected chi connectivity index (χ0v) is 17.3. The van der Waals surface area contributed by atoms with Gasteiger partial charge in [0.1, 0.15) is 24.1 Å². The molecule has 0 unspecified atom stereocenters. The molecule has 0 saturated heterocycles. The second-order valence-electron chi connectivity index (χ2n) is 6.16. The molecule has 0 radical (unpaired) electrons. The Morgan fingerprint density at radius 2 is 1.90 bits per heavy atom. The van der Waals surface area contributed by atoms with Crippen molar-refractivity contribution in [3.63, 3.8) is 0 Å². The zero-order chi connectivity index (χ0) is 21.6. The van der Waals surface area contributed by atoms with Gasteiger partial charge in [-0.05, 0) is 31.7 Å². The number of hydrogen-bond acceptors (Lipinski definition) is 5. The third kappa shape index (κ3) is 5.16. The molecule has 0 fully saturated rings. The van der Waals surface area contributed by atoms with Crippen LogP contribution in [0.15, 0.2) is 35.9 Å². The minimum atomic E-state index is -0.913. The van der Waals surface area contributed by atoms with E-state index >= 15 is 0 Å². The van der Waals surface area contributed by atoms with E-state index < -0.39 is 29.5 Å². The summed E-state index contributed by atoms with van der Waals surface area (Å²) in [6.07, 6.45) is 3.38. The van der Waals surface area contributed by atoms with Crippen LogP contribution in [0, 0.1) is 5.82 Å². The van der Waals surface area contributed by atoms with Crippen LogP contribution in [0.1, 0.15) is 25.7 Å². The number of esters is 1. The van der Waals surface area contributed by atoms with Crippen LogP contribution in [0.3, 0.4) is 0 Å². The first-order valence-electron chi connectivity index (χ1n) is 8.82. The predicted octanol–water partition coefficient (Wildman–Crippen LogP) is 4.19. The molecule has 2 amide bonds. The maximum absolute atomic E-state index is 14.7. The summed E-state index contributed by atoms with van der Waals surface area (Å²) in [5.74, 6) is -3.76. The average Bonchev–Trinajstić information content (AvgIpc) is 2.73. The third-order valence-electron chi connectivity index (χ3n) is 4.32. The van der Waals surface area contributed by atoms with Gasteiger partial charge in [0.2, 0.25) is 5.91 Å². The van der Waals surface area contributed by atoms with Gasteiger partial charge in [0.25, 0.3) is 5.91 Å². The number of benzene rings is 1. The van der Waals surface area contributed by atoms with Crippen molar-refractivity contribution in [3.05, 3.63) is 46.8 Å². The van der Waals surface area contributed by atoms with Gasteiger partial charge in [0.15, 0.2) is 0 Å². The number of methoxy groups -OCH3 is 1. The Balaban J connectivity index is 2.59. The van der Waals surface area contributed by atoms with E-state index in [-0.39, 0.29) is 40.6 Å². The van der Waals surface area contributed by atoms with Crippen LogP contribution in [0.25, 0.3) is 0 Å². The van der Waals surface area contributed by atoms with Crippen LogP contribution in [-0.4, -0.2) is 37.4 Å². The van der Waals surface area contributed by atoms with Crippen LogP contribution < -0.4 is 9.64 Å². The van der Waals surface area contributed by atoms with Crippen molar-refractivity contribution < 1.29 is 28.2 Å². The summed E-state index contributed by atoms with van der Waals surface area (Å²) in [4.78, 5) is 38.4. The van der Waals surface area contributed by atoms with E-state index in [2.05, 4.69) is 6.58 Å². The number of alkyl halides is 1. The fourth-order valence-electron chi connectivity index (χ4n) is 2.99. The summed E-state index contributed by atoms with van der Waals surface area (Å²) in [6.45, 7) is 3.60. The quantitative estimate of drug-likeness (QED) is 0.358. The van der Waals surface area contributed by atoms with Crippen molar-refractivity contribution in [1.82, 2.24) is 0 Å². The van der Waals surface area contributed by atoms with E-state index in [1.807, 2.05) is 0 Å². The van der Waals surface area contributed by atoms with E-state index in [0.29, 0.717) is 24.2 Å². The van der Waals surface area contributed by atoms with E-state index in [0.717, 1.165) is 12.1 Å². The first kappa shape index (κ1) is 22.9. The molecule has 0 aliphatic heterocycles. The van der Waals surface area contributed by atoms with E-state index in [4.69, 9.17) is 32.7 Å². The highest BCUT2D eigenvalue weighted by Gasteiger charge is 2.33. The molecular weight excluding hydrogens is 424 g/mol. The molecule has 1 aromatic rings. The first-order chi connectivity index (χ1) is 13.8. The summed E-state index contributed by atoms with van der Waals surface area (Å²) in [7, 11) is 1.20. The Hall–Kier alpha value is -2.38. The van der Waals surface area contributed by atoms with Crippen molar-refractivity contribution in [1.29, 1.82) is 0 Å². The Bertz CT molecular complexity index is 869. The molecule has 1 aliphatic carbocycles. The number of rotatable bonds is 7. The highest BCUT2D eigenvalue weighted by Crippen LogP contribution is 2.35. The summed E-state index contributed by atoms with van der Waals surface area (Å²) in [6, 6.07) is 2.08. The van der Waals surface area contributed by atoms with Gasteiger partial charge in [-0.1, -0.05) is 24.3 Å². The lowest BCUT2D eigenvalue weighted by Crippen LogP contribution is -2.40. The van der Waals surface area contributed by atoms with Crippen molar-refractivity contribution in [2.24, 2.45) is 0 Å². The van der Waals surface area contributed by atoms with Crippen molar-refractivity contribution >= 4 is 46.7 Å². The Morgan fingerprint density at radius 1 is 1.24 bits per heavy atom. The number of hydrogen-bond donors (Lipinski definition) is 0. The summed E-state index contributed by atoms with van der Waals surface area (Å²) in [5.41, 5.74) is -0.0931. The molecule has 6 nitrogen and oxygen atoms in total. The van der Waals surface area contributed by atoms with Gasteiger partial charge in [-0.3, -0.25) is 9.59 Å². The molecule has 29 heavy (non-hydrogen) atoms. The lowest BCUT2D eigenvalue weighted by molar-refractivity contribution is -0.137. The summed E-state index contributed by atoms with van der Waals surface area (Å²) >= 11 is 11.7. The lowest BCUT2D eigenvalue weighted by atomic mass is 9.90. The smallest absolute Gasteiger partial charge is 0.334 e. The lowest BCUT2D eigenvalue weighted by Gasteiger charge is -2.26. The van der Waals surface area contributed by atoms with Gasteiger partial charge in [-0.25, -0.2) is 14.1 Å². The van der Waals surface area contributed by atoms with Gasteiger partial charge in [-0.2, -0.15) is 0 Å². The second kappa shape index (κ2) is 10.4. The SMILES string of the molecule is C=CCOc1cc(N(C(=O)CCl)C(=O)C2=C(C(=O)OC)CCCC2)c(F)cc1Cl. The molecule has 0 saturated carbocycles. The molecule has 156 valence electrons. The number of carbonyl (C=O) groups is 3. The predicted molar refractivity (Wildman–Crippen MR) is 108 cm³/mol. The molecular formula is C20H20Cl2FNO5. The number of imide groups is 1. The molecule has 9 heteroatoms. The Kier molecular flexibility index (Phi) is 8.22. The second-order valence-corrected chi connectivity index (χ2v) is 6.83. The van der Waals surface area contributed by atoms with Crippen LogP contribution in [0.2, 0.25) is 5.02 Å². The first-order valence-corrected chi connectivity index (χ1v) is 9.73. The maximum Gasteiger partial charge on any atom is 0.334 e. The number of amides is 2. The van der Waals surface area contributed by atoms with Crippen molar-refractivity contribution in [2.75, 3.05) is 24.5 Å². The number of carbonyl (C=O) groups excluding carboxylic acids is 3. The van der Waals surface area contributed by atoms with Gasteiger partial charge >= 0.3 is 5.97 Å². The minimum absolute atomic E-state index is 0.0362. The van der Waals surface area contributed by atoms with E-state index in [1.54, 1.807) is 0 Å². The van der Waals surface area contributed by atoms with Gasteiger partial charge in [0.05, 0.1) is 17.8 Å². The van der Waals surface area contributed by atoms with E-state index in [9.17, 15) is 18.8 Å². The van der Waals surface area contributed by atoms with Gasteiger partial charge < -0.3 is 9.47 Å². The van der Waals surface area contributed by atoms with E-state index in [1.165, 1.54) is 13.2 Å². The van der Waals surface area contributed by atoms with Crippen LogP contribution in [0.4, 0.5) is 10.1 Å². The average molecular weight is 444 g/mol. The molecule has 0 bridgehead atoms. The van der Waals surface area contributed by atoms with Crippen LogP contribution >= 0.6 is 23.2 Å². The topological polar surface area (TPSA) is 72.9 Å². The van der Waals surface area contributed by atoms with Gasteiger partial charge in [0, 0.05) is 17.2 Å². The zero-order valence-electron chi connectivity index (χ0n) is 15.8. The largest absolute Gasteiger partial charge is 0.488 e. The molecule has 0 spiro atoms. The highest BCUT2D eigenvalue weighted by atomic mass is 35.5. The number of ether oxygens (including phenoxy) is 2.